The minimum atomic E-state index is -4.87. The number of halogens is 4. The molecule has 0 heterocycles. The van der Waals surface area contributed by atoms with Crippen molar-refractivity contribution in [2.75, 3.05) is 24.5 Å². The van der Waals surface area contributed by atoms with Crippen LogP contribution in [0.1, 0.15) is 0 Å². The Hall–Kier alpha value is -1.35. The first kappa shape index (κ1) is 16.7. The maximum atomic E-state index is 12.6. The van der Waals surface area contributed by atoms with Crippen LogP contribution in [0.2, 0.25) is 0 Å². The molecule has 0 saturated heterocycles. The van der Waals surface area contributed by atoms with Gasteiger partial charge in [-0.25, -0.2) is 17.2 Å². The first-order chi connectivity index (χ1) is 9.30. The van der Waals surface area contributed by atoms with Crippen molar-refractivity contribution in [3.8, 4) is 0 Å². The molecule has 2 N–H and O–H groups in total. The number of nitrogens with zero attached hydrogens (tertiary/aromatic N) is 1. The van der Waals surface area contributed by atoms with Crippen molar-refractivity contribution in [3.05, 3.63) is 24.3 Å². The van der Waals surface area contributed by atoms with E-state index in [0.717, 1.165) is 11.0 Å². The van der Waals surface area contributed by atoms with Crippen LogP contribution in [0.5, 0.6) is 0 Å². The number of alkyl halides is 4. The molecule has 0 spiro atoms. The first-order valence-electron chi connectivity index (χ1n) is 5.65. The van der Waals surface area contributed by atoms with Crippen molar-refractivity contribution in [1.29, 1.82) is 0 Å². The Kier molecular flexibility index (Phi) is 5.75. The lowest BCUT2D eigenvalue weighted by atomic mass is 10.3. The van der Waals surface area contributed by atoms with Gasteiger partial charge in [0.1, 0.15) is 0 Å². The topological polar surface area (TPSA) is 63.4 Å². The number of nitrogens with two attached hydrogens (primary N) is 1. The Morgan fingerprint density at radius 1 is 1.15 bits per heavy atom. The molecule has 0 amide bonds. The summed E-state index contributed by atoms with van der Waals surface area (Å²) >= 11 is 0. The molecule has 0 aliphatic rings. The van der Waals surface area contributed by atoms with Gasteiger partial charge in [-0.15, -0.1) is 0 Å². The van der Waals surface area contributed by atoms with Gasteiger partial charge in [0.15, 0.2) is 0 Å². The third kappa shape index (κ3) is 3.83. The monoisotopic (exact) mass is 314 g/mol. The summed E-state index contributed by atoms with van der Waals surface area (Å²) in [5.41, 5.74) is 5.08. The fourth-order valence-corrected chi connectivity index (χ4v) is 2.64. The highest BCUT2D eigenvalue weighted by molar-refractivity contribution is 7.91. The molecule has 9 heteroatoms. The molecule has 0 saturated carbocycles. The van der Waals surface area contributed by atoms with Crippen LogP contribution >= 0.6 is 0 Å². The zero-order valence-electron chi connectivity index (χ0n) is 10.3. The molecule has 0 aliphatic heterocycles. The normalized spacial score (nSPS) is 12.2. The number of para-hydroxylation sites is 1. The minimum absolute atomic E-state index is 0.0181. The molecule has 0 atom stereocenters. The molecule has 1 aromatic rings. The fourth-order valence-electron chi connectivity index (χ4n) is 1.69. The van der Waals surface area contributed by atoms with Crippen LogP contribution in [0.4, 0.5) is 23.2 Å². The second-order valence-corrected chi connectivity index (χ2v) is 5.79. The molecule has 0 bridgehead atoms. The molecular weight excluding hydrogens is 300 g/mol. The summed E-state index contributed by atoms with van der Waals surface area (Å²) < 4.78 is 73.3. The summed E-state index contributed by atoms with van der Waals surface area (Å²) in [6, 6.07) is 4.80. The number of anilines is 1. The smallest absolute Gasteiger partial charge is 0.341 e. The Morgan fingerprint density at radius 3 is 2.25 bits per heavy atom. The summed E-state index contributed by atoms with van der Waals surface area (Å²) in [7, 11) is -4.87. The first-order valence-corrected chi connectivity index (χ1v) is 7.19. The highest BCUT2D eigenvalue weighted by Gasteiger charge is 2.30. The van der Waals surface area contributed by atoms with Gasteiger partial charge in [-0.05, 0) is 12.1 Å². The highest BCUT2D eigenvalue weighted by Crippen LogP contribution is 2.29. The van der Waals surface area contributed by atoms with Gasteiger partial charge in [-0.1, -0.05) is 12.1 Å². The lowest BCUT2D eigenvalue weighted by Crippen LogP contribution is -2.34. The molecule has 4 nitrogen and oxygen atoms in total. The summed E-state index contributed by atoms with van der Waals surface area (Å²) in [4.78, 5) is 0.309. The lowest BCUT2D eigenvalue weighted by Gasteiger charge is -2.25. The Labute approximate surface area is 114 Å². The molecule has 0 unspecified atom stereocenters. The van der Waals surface area contributed by atoms with Gasteiger partial charge >= 0.3 is 5.76 Å². The van der Waals surface area contributed by atoms with Gasteiger partial charge in [0.2, 0.25) is 9.84 Å². The van der Waals surface area contributed by atoms with Gasteiger partial charge in [0, 0.05) is 13.1 Å². The number of sulfone groups is 1. The average molecular weight is 314 g/mol. The summed E-state index contributed by atoms with van der Waals surface area (Å²) in [5.74, 6) is -3.62. The Balaban J connectivity index is 3.29. The molecule has 1 rings (SSSR count). The van der Waals surface area contributed by atoms with Crippen molar-refractivity contribution >= 4 is 15.5 Å². The van der Waals surface area contributed by atoms with E-state index in [1.807, 2.05) is 0 Å². The lowest BCUT2D eigenvalue weighted by molar-refractivity contribution is 0.155. The van der Waals surface area contributed by atoms with Gasteiger partial charge in [0.05, 0.1) is 17.1 Å². The standard InChI is InChI=1S/C11H14F4N2O2S/c12-10(13)7-17(6-5-16)8-3-1-2-4-9(8)20(18,19)11(14)15/h1-4,10-11H,5-7,16H2. The van der Waals surface area contributed by atoms with Crippen LogP contribution in [0.3, 0.4) is 0 Å². The van der Waals surface area contributed by atoms with Crippen LogP contribution in [0.15, 0.2) is 29.2 Å². The molecule has 0 fully saturated rings. The van der Waals surface area contributed by atoms with Crippen molar-refractivity contribution in [3.63, 3.8) is 0 Å². The Morgan fingerprint density at radius 2 is 1.75 bits per heavy atom. The van der Waals surface area contributed by atoms with Gasteiger partial charge in [-0.2, -0.15) is 8.78 Å². The zero-order chi connectivity index (χ0) is 15.3. The van der Waals surface area contributed by atoms with Gasteiger partial charge in [0.25, 0.3) is 6.43 Å². The maximum Gasteiger partial charge on any atom is 0.341 e. The van der Waals surface area contributed by atoms with E-state index in [1.165, 1.54) is 18.2 Å². The third-order valence-electron chi connectivity index (χ3n) is 2.50. The van der Waals surface area contributed by atoms with Crippen LogP contribution in [-0.2, 0) is 9.84 Å². The summed E-state index contributed by atoms with van der Waals surface area (Å²) in [6.07, 6.45) is -2.75. The van der Waals surface area contributed by atoms with E-state index in [9.17, 15) is 26.0 Å². The van der Waals surface area contributed by atoms with Crippen LogP contribution in [0.25, 0.3) is 0 Å². The second-order valence-electron chi connectivity index (χ2n) is 3.90. The Bertz CT molecular complexity index is 537. The number of hydrogen-bond donors (Lipinski definition) is 1. The SMILES string of the molecule is NCCN(CC(F)F)c1ccccc1S(=O)(=O)C(F)F. The highest BCUT2D eigenvalue weighted by atomic mass is 32.2. The molecule has 20 heavy (non-hydrogen) atoms. The van der Waals surface area contributed by atoms with Crippen LogP contribution < -0.4 is 10.6 Å². The van der Waals surface area contributed by atoms with Crippen molar-refractivity contribution in [1.82, 2.24) is 0 Å². The number of benzene rings is 1. The van der Waals surface area contributed by atoms with Crippen molar-refractivity contribution in [2.24, 2.45) is 5.73 Å². The predicted molar refractivity (Wildman–Crippen MR) is 66.9 cm³/mol. The average Bonchev–Trinajstić information content (AvgIpc) is 2.37. The molecule has 1 aromatic carbocycles. The van der Waals surface area contributed by atoms with E-state index in [-0.39, 0.29) is 18.8 Å². The molecule has 0 aromatic heterocycles. The van der Waals surface area contributed by atoms with Crippen molar-refractivity contribution in [2.45, 2.75) is 17.1 Å². The second kappa shape index (κ2) is 6.89. The van der Waals surface area contributed by atoms with Crippen molar-refractivity contribution < 1.29 is 26.0 Å². The molecule has 0 radical (unpaired) electrons. The maximum absolute atomic E-state index is 12.6. The minimum Gasteiger partial charge on any atom is -0.363 e. The van der Waals surface area contributed by atoms with Crippen LogP contribution in [-0.4, -0.2) is 40.2 Å². The van der Waals surface area contributed by atoms with E-state index in [1.54, 1.807) is 0 Å². The van der Waals surface area contributed by atoms with Crippen LogP contribution in [0, 0.1) is 0 Å². The van der Waals surface area contributed by atoms with E-state index < -0.39 is 33.5 Å². The fraction of sp³-hybridized carbons (Fsp3) is 0.455. The van der Waals surface area contributed by atoms with E-state index >= 15 is 0 Å². The quantitative estimate of drug-likeness (QED) is 0.778. The van der Waals surface area contributed by atoms with E-state index in [4.69, 9.17) is 5.73 Å². The van der Waals surface area contributed by atoms with E-state index in [0.29, 0.717) is 0 Å². The summed E-state index contributed by atoms with van der Waals surface area (Å²) in [5, 5.41) is 0. The number of hydrogen-bond acceptors (Lipinski definition) is 4. The van der Waals surface area contributed by atoms with E-state index in [2.05, 4.69) is 0 Å². The zero-order valence-corrected chi connectivity index (χ0v) is 11.2. The predicted octanol–water partition coefficient (Wildman–Crippen LogP) is 1.71. The number of rotatable bonds is 7. The summed E-state index contributed by atoms with van der Waals surface area (Å²) in [6.45, 7) is -0.872. The largest absolute Gasteiger partial charge is 0.363 e. The van der Waals surface area contributed by atoms with Gasteiger partial charge in [-0.3, -0.25) is 0 Å². The third-order valence-corrected chi connectivity index (χ3v) is 3.93. The molecule has 0 aliphatic carbocycles. The molecule has 114 valence electrons. The van der Waals surface area contributed by atoms with Gasteiger partial charge < -0.3 is 10.6 Å². The molecular formula is C11H14F4N2O2S.